The van der Waals surface area contributed by atoms with Gasteiger partial charge in [-0.25, -0.2) is 4.79 Å². The summed E-state index contributed by atoms with van der Waals surface area (Å²) in [6.07, 6.45) is 4.90. The third-order valence-corrected chi connectivity index (χ3v) is 6.04. The Labute approximate surface area is 190 Å². The first-order valence-electron chi connectivity index (χ1n) is 10.2. The molecule has 0 saturated carbocycles. The molecule has 1 fully saturated rings. The Morgan fingerprint density at radius 1 is 1.06 bits per heavy atom. The second kappa shape index (κ2) is 8.96. The van der Waals surface area contributed by atoms with Crippen molar-refractivity contribution in [2.75, 3.05) is 16.8 Å². The van der Waals surface area contributed by atoms with E-state index in [-0.39, 0.29) is 29.2 Å². The van der Waals surface area contributed by atoms with Gasteiger partial charge < -0.3 is 10.1 Å². The fourth-order valence-electron chi connectivity index (χ4n) is 3.91. The second-order valence-corrected chi connectivity index (χ2v) is 8.21. The number of carbonyl (C=O) groups is 4. The summed E-state index contributed by atoms with van der Waals surface area (Å²) in [4.78, 5) is 51.2. The Morgan fingerprint density at radius 3 is 2.41 bits per heavy atom. The van der Waals surface area contributed by atoms with Crippen LogP contribution >= 0.6 is 11.6 Å². The van der Waals surface area contributed by atoms with E-state index in [0.29, 0.717) is 29.2 Å². The summed E-state index contributed by atoms with van der Waals surface area (Å²) >= 11 is 6.04. The first kappa shape index (κ1) is 21.8. The molecule has 1 aliphatic heterocycles. The molecule has 1 saturated heterocycles. The fourth-order valence-corrected chi connectivity index (χ4v) is 4.09. The number of imide groups is 1. The molecule has 1 N–H and O–H groups in total. The van der Waals surface area contributed by atoms with Crippen molar-refractivity contribution in [3.8, 4) is 0 Å². The number of halogens is 1. The highest BCUT2D eigenvalue weighted by Gasteiger charge is 2.47. The Kier molecular flexibility index (Phi) is 6.10. The molecule has 8 heteroatoms. The van der Waals surface area contributed by atoms with E-state index in [1.165, 1.54) is 12.1 Å². The van der Waals surface area contributed by atoms with Gasteiger partial charge in [0, 0.05) is 10.7 Å². The molecule has 4 rings (SSSR count). The Bertz CT molecular complexity index is 1120. The lowest BCUT2D eigenvalue weighted by atomic mass is 9.85. The number of hydrogen-bond donors (Lipinski definition) is 1. The quantitative estimate of drug-likeness (QED) is 0.422. The van der Waals surface area contributed by atoms with Crippen LogP contribution in [0.25, 0.3) is 0 Å². The number of aryl methyl sites for hydroxylation is 1. The highest BCUT2D eigenvalue weighted by Crippen LogP contribution is 2.37. The minimum atomic E-state index is -0.734. The molecule has 2 aliphatic rings. The molecule has 32 heavy (non-hydrogen) atoms. The largest absolute Gasteiger partial charge is 0.452 e. The molecule has 1 heterocycles. The van der Waals surface area contributed by atoms with E-state index in [2.05, 4.69) is 5.32 Å². The van der Waals surface area contributed by atoms with Gasteiger partial charge in [0.1, 0.15) is 0 Å². The number of ether oxygens (including phenoxy) is 1. The van der Waals surface area contributed by atoms with Gasteiger partial charge in [0.2, 0.25) is 11.8 Å². The molecule has 164 valence electrons. The highest BCUT2D eigenvalue weighted by molar-refractivity contribution is 6.31. The predicted octanol–water partition coefficient (Wildman–Crippen LogP) is 3.90. The Hall–Kier alpha value is -3.45. The molecular weight excluding hydrogens is 432 g/mol. The van der Waals surface area contributed by atoms with Crippen molar-refractivity contribution in [2.45, 2.75) is 19.8 Å². The number of esters is 1. The van der Waals surface area contributed by atoms with Crippen molar-refractivity contribution < 1.29 is 23.9 Å². The Balaban J connectivity index is 1.40. The Morgan fingerprint density at radius 2 is 1.75 bits per heavy atom. The molecule has 7 nitrogen and oxygen atoms in total. The van der Waals surface area contributed by atoms with E-state index in [1.807, 2.05) is 19.1 Å². The van der Waals surface area contributed by atoms with Crippen molar-refractivity contribution in [1.29, 1.82) is 0 Å². The van der Waals surface area contributed by atoms with Gasteiger partial charge in [-0.05, 0) is 55.7 Å². The summed E-state index contributed by atoms with van der Waals surface area (Å²) in [6, 6.07) is 11.2. The number of rotatable bonds is 5. The molecule has 0 unspecified atom stereocenters. The molecule has 2 atom stereocenters. The third-order valence-electron chi connectivity index (χ3n) is 5.64. The first-order valence-corrected chi connectivity index (χ1v) is 10.6. The zero-order valence-electron chi connectivity index (χ0n) is 17.3. The third kappa shape index (κ3) is 4.29. The van der Waals surface area contributed by atoms with Crippen molar-refractivity contribution >= 4 is 46.7 Å². The molecule has 1 aliphatic carbocycles. The summed E-state index contributed by atoms with van der Waals surface area (Å²) in [5, 5.41) is 3.12. The number of anilines is 2. The van der Waals surface area contributed by atoms with Gasteiger partial charge >= 0.3 is 5.97 Å². The number of benzene rings is 2. The zero-order chi connectivity index (χ0) is 22.8. The van der Waals surface area contributed by atoms with Crippen molar-refractivity contribution in [3.05, 3.63) is 70.8 Å². The van der Waals surface area contributed by atoms with Crippen molar-refractivity contribution in [2.24, 2.45) is 11.8 Å². The minimum absolute atomic E-state index is 0.141. The average Bonchev–Trinajstić information content (AvgIpc) is 3.05. The maximum absolute atomic E-state index is 12.8. The number of fused-ring (bicyclic) bond motifs is 1. The van der Waals surface area contributed by atoms with Gasteiger partial charge in [-0.2, -0.15) is 0 Å². The smallest absolute Gasteiger partial charge is 0.338 e. The molecule has 2 aromatic rings. The normalized spacial score (nSPS) is 19.6. The molecule has 0 bridgehead atoms. The molecule has 3 amide bonds. The van der Waals surface area contributed by atoms with E-state index in [1.54, 1.807) is 30.3 Å². The molecule has 0 radical (unpaired) electrons. The summed E-state index contributed by atoms with van der Waals surface area (Å²) < 4.78 is 5.10. The second-order valence-electron chi connectivity index (χ2n) is 7.81. The molecule has 0 aromatic heterocycles. The number of amides is 3. The van der Waals surface area contributed by atoms with Crippen molar-refractivity contribution in [1.82, 2.24) is 0 Å². The highest BCUT2D eigenvalue weighted by atomic mass is 35.5. The maximum Gasteiger partial charge on any atom is 0.338 e. The van der Waals surface area contributed by atoms with Crippen LogP contribution in [0.3, 0.4) is 0 Å². The van der Waals surface area contributed by atoms with Crippen LogP contribution in [0, 0.1) is 18.8 Å². The lowest BCUT2D eigenvalue weighted by Crippen LogP contribution is -2.31. The molecule has 0 spiro atoms. The average molecular weight is 453 g/mol. The zero-order valence-corrected chi connectivity index (χ0v) is 18.1. The van der Waals surface area contributed by atoms with Gasteiger partial charge in [-0.1, -0.05) is 35.9 Å². The van der Waals surface area contributed by atoms with Gasteiger partial charge in [0.25, 0.3) is 5.91 Å². The van der Waals surface area contributed by atoms with Crippen LogP contribution in [0.5, 0.6) is 0 Å². The summed E-state index contributed by atoms with van der Waals surface area (Å²) in [7, 11) is 0. The summed E-state index contributed by atoms with van der Waals surface area (Å²) in [6.45, 7) is 1.35. The van der Waals surface area contributed by atoms with Crippen LogP contribution < -0.4 is 10.2 Å². The van der Waals surface area contributed by atoms with Gasteiger partial charge in [0.15, 0.2) is 6.61 Å². The van der Waals surface area contributed by atoms with Crippen LogP contribution in [-0.2, 0) is 19.1 Å². The number of nitrogens with zero attached hydrogens (tertiary/aromatic N) is 1. The van der Waals surface area contributed by atoms with Crippen LogP contribution in [0.15, 0.2) is 54.6 Å². The summed E-state index contributed by atoms with van der Waals surface area (Å²) in [5.74, 6) is -2.49. The SMILES string of the molecule is Cc1ccc(NC(=O)COC(=O)c2cccc(N3C(=O)[C@H]4CC=CC[C@H]4C3=O)c2)cc1Cl. The monoisotopic (exact) mass is 452 g/mol. The lowest BCUT2D eigenvalue weighted by Gasteiger charge is -2.15. The topological polar surface area (TPSA) is 92.8 Å². The van der Waals surface area contributed by atoms with Crippen LogP contribution in [0.2, 0.25) is 5.02 Å². The van der Waals surface area contributed by atoms with Gasteiger partial charge in [-0.3, -0.25) is 19.3 Å². The minimum Gasteiger partial charge on any atom is -0.452 e. The van der Waals surface area contributed by atoms with E-state index in [9.17, 15) is 19.2 Å². The van der Waals surface area contributed by atoms with Gasteiger partial charge in [-0.15, -0.1) is 0 Å². The predicted molar refractivity (Wildman–Crippen MR) is 119 cm³/mol. The standard InChI is InChI=1S/C24H21ClN2O5/c1-14-9-10-16(12-20(14)25)26-21(28)13-32-24(31)15-5-4-6-17(11-15)27-22(29)18-7-2-3-8-19(18)23(27)30/h2-6,9-12,18-19H,7-8,13H2,1H3,(H,26,28)/t18-,19+. The van der Waals surface area contributed by atoms with E-state index >= 15 is 0 Å². The number of carbonyl (C=O) groups excluding carboxylic acids is 4. The maximum atomic E-state index is 12.8. The lowest BCUT2D eigenvalue weighted by molar-refractivity contribution is -0.122. The molecular formula is C24H21ClN2O5. The van der Waals surface area contributed by atoms with Gasteiger partial charge in [0.05, 0.1) is 23.1 Å². The molecule has 2 aromatic carbocycles. The number of nitrogens with one attached hydrogen (secondary N) is 1. The first-order chi connectivity index (χ1) is 15.3. The van der Waals surface area contributed by atoms with E-state index in [0.717, 1.165) is 10.5 Å². The van der Waals surface area contributed by atoms with Crippen LogP contribution in [0.1, 0.15) is 28.8 Å². The van der Waals surface area contributed by atoms with E-state index < -0.39 is 18.5 Å². The van der Waals surface area contributed by atoms with Crippen LogP contribution in [0.4, 0.5) is 11.4 Å². The number of allylic oxidation sites excluding steroid dienone is 2. The fraction of sp³-hybridized carbons (Fsp3) is 0.250. The van der Waals surface area contributed by atoms with Crippen molar-refractivity contribution in [3.63, 3.8) is 0 Å². The number of hydrogen-bond acceptors (Lipinski definition) is 5. The summed E-state index contributed by atoms with van der Waals surface area (Å²) in [5.41, 5.74) is 1.83. The van der Waals surface area contributed by atoms with Crippen LogP contribution in [-0.4, -0.2) is 30.3 Å². The van der Waals surface area contributed by atoms with E-state index in [4.69, 9.17) is 16.3 Å².